The molecule has 0 radical (unpaired) electrons. The fourth-order valence-electron chi connectivity index (χ4n) is 4.10. The lowest BCUT2D eigenvalue weighted by Gasteiger charge is -2.11. The van der Waals surface area contributed by atoms with Crippen LogP contribution in [0.2, 0.25) is 5.02 Å². The molecule has 2 N–H and O–H groups in total. The number of aromatic amines is 2. The Morgan fingerprint density at radius 1 is 0.867 bits per heavy atom. The number of rotatable bonds is 2. The van der Waals surface area contributed by atoms with E-state index in [0.29, 0.717) is 12.2 Å². The maximum atomic E-state index is 12.1. The zero-order chi connectivity index (χ0) is 21.3. The molecular formula is C24H25ClN2O2S. The predicted molar refractivity (Wildman–Crippen MR) is 121 cm³/mol. The summed E-state index contributed by atoms with van der Waals surface area (Å²) in [4.78, 5) is 32.1. The van der Waals surface area contributed by atoms with Crippen LogP contribution in [-0.4, -0.2) is 21.5 Å². The Morgan fingerprint density at radius 2 is 1.53 bits per heavy atom. The molecule has 2 aliphatic carbocycles. The van der Waals surface area contributed by atoms with Gasteiger partial charge in [0.1, 0.15) is 0 Å². The van der Waals surface area contributed by atoms with E-state index in [-0.39, 0.29) is 5.78 Å². The summed E-state index contributed by atoms with van der Waals surface area (Å²) < 4.78 is 0. The molecule has 6 heteroatoms. The van der Waals surface area contributed by atoms with E-state index in [2.05, 4.69) is 9.97 Å². The number of fused-ring (bicyclic) bond motifs is 2. The molecule has 3 aromatic rings. The lowest BCUT2D eigenvalue weighted by molar-refractivity contribution is 0.0963. The molecule has 156 valence electrons. The molecule has 4 nitrogen and oxygen atoms in total. The second kappa shape index (κ2) is 8.86. The van der Waals surface area contributed by atoms with Crippen LogP contribution in [0.25, 0.3) is 0 Å². The number of carbonyl (C=O) groups excluding carboxylic acids is 2. The summed E-state index contributed by atoms with van der Waals surface area (Å²) >= 11 is 7.53. The van der Waals surface area contributed by atoms with Gasteiger partial charge in [0.25, 0.3) is 0 Å². The topological polar surface area (TPSA) is 65.7 Å². The van der Waals surface area contributed by atoms with Crippen LogP contribution in [0.15, 0.2) is 40.1 Å². The summed E-state index contributed by atoms with van der Waals surface area (Å²) in [6, 6.07) is 9.68. The molecule has 0 unspecified atom stereocenters. The van der Waals surface area contributed by atoms with Crippen molar-refractivity contribution >= 4 is 34.9 Å². The molecule has 30 heavy (non-hydrogen) atoms. The standard InChI is InChI=1S/C15H14ClNOS.C9H11NO/c1-9-15(19-11-7-5-10(16)6-8-11)14-12(17-9)3-2-4-13(14)18;1-6-5-7-8(10-6)3-2-4-9(7)11/h5-8,17H,2-4H2,1H3;5,10H,2-4H2,1H3. The van der Waals surface area contributed by atoms with Gasteiger partial charge in [0, 0.05) is 56.0 Å². The molecule has 0 atom stereocenters. The van der Waals surface area contributed by atoms with Gasteiger partial charge < -0.3 is 9.97 Å². The highest BCUT2D eigenvalue weighted by Crippen LogP contribution is 2.38. The second-order valence-corrected chi connectivity index (χ2v) is 9.41. The van der Waals surface area contributed by atoms with E-state index in [1.54, 1.807) is 11.8 Å². The van der Waals surface area contributed by atoms with Crippen molar-refractivity contribution in [1.82, 2.24) is 9.97 Å². The van der Waals surface area contributed by atoms with Crippen molar-refractivity contribution < 1.29 is 9.59 Å². The number of hydrogen-bond acceptors (Lipinski definition) is 3. The van der Waals surface area contributed by atoms with E-state index in [1.165, 1.54) is 0 Å². The van der Waals surface area contributed by atoms with Crippen molar-refractivity contribution in [1.29, 1.82) is 0 Å². The Balaban J connectivity index is 0.000000168. The van der Waals surface area contributed by atoms with E-state index in [1.807, 2.05) is 44.2 Å². The molecule has 0 aliphatic heterocycles. The predicted octanol–water partition coefficient (Wildman–Crippen LogP) is 6.49. The number of benzene rings is 1. The molecule has 0 saturated carbocycles. The molecule has 0 spiro atoms. The third kappa shape index (κ3) is 4.42. The van der Waals surface area contributed by atoms with Crippen LogP contribution in [0.5, 0.6) is 0 Å². The fraction of sp³-hybridized carbons (Fsp3) is 0.333. The first-order valence-corrected chi connectivity index (χ1v) is 11.5. The van der Waals surface area contributed by atoms with Gasteiger partial charge in [-0.15, -0.1) is 0 Å². The van der Waals surface area contributed by atoms with Crippen LogP contribution < -0.4 is 0 Å². The average molecular weight is 441 g/mol. The van der Waals surface area contributed by atoms with Gasteiger partial charge in [-0.3, -0.25) is 9.59 Å². The Hall–Kier alpha value is -2.24. The summed E-state index contributed by atoms with van der Waals surface area (Å²) in [5, 5.41) is 0.730. The van der Waals surface area contributed by atoms with Crippen molar-refractivity contribution in [3.8, 4) is 0 Å². The number of H-pyrrole nitrogens is 2. The molecule has 0 saturated heterocycles. The van der Waals surface area contributed by atoms with Gasteiger partial charge in [-0.25, -0.2) is 0 Å². The van der Waals surface area contributed by atoms with Gasteiger partial charge in [0.05, 0.1) is 5.56 Å². The van der Waals surface area contributed by atoms with E-state index >= 15 is 0 Å². The van der Waals surface area contributed by atoms with Crippen molar-refractivity contribution in [3.05, 3.63) is 69.3 Å². The summed E-state index contributed by atoms with van der Waals surface area (Å²) in [6.07, 6.45) is 5.36. The second-order valence-electron chi connectivity index (χ2n) is 7.89. The minimum Gasteiger partial charge on any atom is -0.362 e. The molecule has 0 bridgehead atoms. The third-order valence-corrected chi connectivity index (χ3v) is 6.99. The van der Waals surface area contributed by atoms with Crippen LogP contribution >= 0.6 is 23.4 Å². The lowest BCUT2D eigenvalue weighted by Crippen LogP contribution is -2.09. The van der Waals surface area contributed by atoms with Crippen molar-refractivity contribution in [2.24, 2.45) is 0 Å². The highest BCUT2D eigenvalue weighted by atomic mass is 35.5. The molecule has 2 heterocycles. The highest BCUT2D eigenvalue weighted by Gasteiger charge is 2.25. The first-order chi connectivity index (χ1) is 14.4. The van der Waals surface area contributed by atoms with E-state index in [4.69, 9.17) is 11.6 Å². The summed E-state index contributed by atoms with van der Waals surface area (Å²) in [6.45, 7) is 4.02. The van der Waals surface area contributed by atoms with E-state index in [9.17, 15) is 9.59 Å². The number of ketones is 2. The van der Waals surface area contributed by atoms with Gasteiger partial charge in [0.2, 0.25) is 0 Å². The number of hydrogen-bond donors (Lipinski definition) is 2. The minimum atomic E-state index is 0.266. The Kier molecular flexibility index (Phi) is 6.21. The first-order valence-electron chi connectivity index (χ1n) is 10.3. The van der Waals surface area contributed by atoms with Crippen molar-refractivity contribution in [2.45, 2.75) is 62.2 Å². The number of aryl methyl sites for hydroxylation is 4. The summed E-state index contributed by atoms with van der Waals surface area (Å²) in [5.74, 6) is 0.567. The highest BCUT2D eigenvalue weighted by molar-refractivity contribution is 7.99. The largest absolute Gasteiger partial charge is 0.362 e. The number of aromatic nitrogens is 2. The van der Waals surface area contributed by atoms with Gasteiger partial charge in [-0.1, -0.05) is 23.4 Å². The molecule has 2 aromatic heterocycles. The average Bonchev–Trinajstić information content (AvgIpc) is 3.25. The molecule has 5 rings (SSSR count). The van der Waals surface area contributed by atoms with Gasteiger partial charge in [0.15, 0.2) is 11.6 Å². The number of Topliss-reactive ketones (excluding diaryl/α,β-unsaturated/α-hetero) is 2. The van der Waals surface area contributed by atoms with Crippen LogP contribution in [0.4, 0.5) is 0 Å². The quantitative estimate of drug-likeness (QED) is 0.478. The molecule has 0 fully saturated rings. The zero-order valence-electron chi connectivity index (χ0n) is 17.2. The Bertz CT molecular complexity index is 1100. The fourth-order valence-corrected chi connectivity index (χ4v) is 5.28. The first kappa shape index (κ1) is 21.0. The maximum absolute atomic E-state index is 12.1. The van der Waals surface area contributed by atoms with Crippen LogP contribution in [0.1, 0.15) is 69.2 Å². The Morgan fingerprint density at radius 3 is 2.23 bits per heavy atom. The van der Waals surface area contributed by atoms with Crippen LogP contribution in [-0.2, 0) is 12.8 Å². The number of halogens is 1. The van der Waals surface area contributed by atoms with Gasteiger partial charge in [-0.2, -0.15) is 0 Å². The Labute approximate surface area is 185 Å². The van der Waals surface area contributed by atoms with Crippen molar-refractivity contribution in [2.75, 3.05) is 0 Å². The zero-order valence-corrected chi connectivity index (χ0v) is 18.8. The minimum absolute atomic E-state index is 0.266. The van der Waals surface area contributed by atoms with Gasteiger partial charge >= 0.3 is 0 Å². The summed E-state index contributed by atoms with van der Waals surface area (Å²) in [7, 11) is 0. The van der Waals surface area contributed by atoms with Crippen LogP contribution in [0.3, 0.4) is 0 Å². The number of nitrogens with one attached hydrogen (secondary N) is 2. The molecule has 2 aliphatic rings. The molecule has 1 aromatic carbocycles. The smallest absolute Gasteiger partial charge is 0.165 e. The monoisotopic (exact) mass is 440 g/mol. The van der Waals surface area contributed by atoms with E-state index < -0.39 is 0 Å². The van der Waals surface area contributed by atoms with Crippen LogP contribution in [0, 0.1) is 13.8 Å². The molecule has 0 amide bonds. The summed E-state index contributed by atoms with van der Waals surface area (Å²) in [5.41, 5.74) is 6.26. The van der Waals surface area contributed by atoms with Gasteiger partial charge in [-0.05, 0) is 69.9 Å². The number of carbonyl (C=O) groups is 2. The van der Waals surface area contributed by atoms with Crippen molar-refractivity contribution in [3.63, 3.8) is 0 Å². The maximum Gasteiger partial charge on any atom is 0.165 e. The molecular weight excluding hydrogens is 416 g/mol. The SMILES string of the molecule is Cc1[nH]c2c(c1Sc1ccc(Cl)cc1)C(=O)CCC2.Cc1cc2c([nH]1)CCCC2=O. The van der Waals surface area contributed by atoms with E-state index in [0.717, 1.165) is 80.8 Å². The lowest BCUT2D eigenvalue weighted by atomic mass is 9.97. The normalized spacial score (nSPS) is 15.3. The third-order valence-electron chi connectivity index (χ3n) is 5.52.